The summed E-state index contributed by atoms with van der Waals surface area (Å²) in [5, 5.41) is 12.4. The van der Waals surface area contributed by atoms with Gasteiger partial charge in [-0.1, -0.05) is 18.5 Å². The van der Waals surface area contributed by atoms with E-state index in [0.29, 0.717) is 22.6 Å². The van der Waals surface area contributed by atoms with Crippen LogP contribution >= 0.6 is 23.4 Å². The van der Waals surface area contributed by atoms with Crippen LogP contribution in [0.5, 0.6) is 0 Å². The number of hydrogen-bond donors (Lipinski definition) is 1. The van der Waals surface area contributed by atoms with Gasteiger partial charge in [0.05, 0.1) is 11.6 Å². The fraction of sp³-hybridized carbons (Fsp3) is 0.500. The fourth-order valence-electron chi connectivity index (χ4n) is 1.36. The average molecular weight is 270 g/mol. The van der Waals surface area contributed by atoms with E-state index in [1.165, 1.54) is 0 Å². The standard InChI is InChI=1S/C12H16ClN3S/c1-3-17-5-4-9(2)15-12-7-10(8-14)6-11(13)16-12/h6-7,9H,3-5H2,1-2H3,(H,15,16). The molecule has 0 bridgehead atoms. The highest BCUT2D eigenvalue weighted by atomic mass is 35.5. The molecular weight excluding hydrogens is 254 g/mol. The van der Waals surface area contributed by atoms with E-state index in [-0.39, 0.29) is 0 Å². The Bertz CT molecular complexity index is 403. The second-order valence-corrected chi connectivity index (χ2v) is 5.49. The van der Waals surface area contributed by atoms with Crippen LogP contribution in [0, 0.1) is 11.3 Å². The minimum absolute atomic E-state index is 0.326. The molecule has 0 amide bonds. The van der Waals surface area contributed by atoms with E-state index in [1.54, 1.807) is 12.1 Å². The first-order valence-electron chi connectivity index (χ1n) is 5.57. The molecule has 1 heterocycles. The van der Waals surface area contributed by atoms with E-state index >= 15 is 0 Å². The number of aromatic nitrogens is 1. The van der Waals surface area contributed by atoms with Crippen LogP contribution in [-0.4, -0.2) is 22.5 Å². The minimum atomic E-state index is 0.326. The van der Waals surface area contributed by atoms with E-state index < -0.39 is 0 Å². The van der Waals surface area contributed by atoms with Crippen molar-refractivity contribution < 1.29 is 0 Å². The first-order valence-corrected chi connectivity index (χ1v) is 7.11. The van der Waals surface area contributed by atoms with Crippen molar-refractivity contribution in [3.8, 4) is 6.07 Å². The number of nitrogens with zero attached hydrogens (tertiary/aromatic N) is 2. The Morgan fingerprint density at radius 2 is 2.35 bits per heavy atom. The lowest BCUT2D eigenvalue weighted by molar-refractivity contribution is 0.766. The Hall–Kier alpha value is -0.920. The summed E-state index contributed by atoms with van der Waals surface area (Å²) in [7, 11) is 0. The van der Waals surface area contributed by atoms with Gasteiger partial charge in [0.15, 0.2) is 0 Å². The van der Waals surface area contributed by atoms with Crippen LogP contribution in [0.2, 0.25) is 5.15 Å². The molecule has 0 spiro atoms. The second-order valence-electron chi connectivity index (χ2n) is 3.71. The number of nitrogens with one attached hydrogen (secondary N) is 1. The zero-order chi connectivity index (χ0) is 12.7. The predicted octanol–water partition coefficient (Wildman–Crippen LogP) is 3.55. The van der Waals surface area contributed by atoms with Gasteiger partial charge in [0.2, 0.25) is 0 Å². The number of nitriles is 1. The zero-order valence-corrected chi connectivity index (χ0v) is 11.6. The molecule has 1 N–H and O–H groups in total. The van der Waals surface area contributed by atoms with E-state index in [1.807, 2.05) is 11.8 Å². The molecule has 0 aliphatic carbocycles. The summed E-state index contributed by atoms with van der Waals surface area (Å²) in [4.78, 5) is 4.15. The molecule has 3 nitrogen and oxygen atoms in total. The van der Waals surface area contributed by atoms with Crippen molar-refractivity contribution in [3.63, 3.8) is 0 Å². The van der Waals surface area contributed by atoms with E-state index in [4.69, 9.17) is 16.9 Å². The van der Waals surface area contributed by atoms with Crippen LogP contribution in [0.15, 0.2) is 12.1 Å². The van der Waals surface area contributed by atoms with Crippen LogP contribution in [0.25, 0.3) is 0 Å². The third kappa shape index (κ3) is 5.29. The topological polar surface area (TPSA) is 48.7 Å². The molecule has 0 aromatic carbocycles. The molecule has 92 valence electrons. The van der Waals surface area contributed by atoms with Gasteiger partial charge in [0, 0.05) is 6.04 Å². The number of halogens is 1. The summed E-state index contributed by atoms with van der Waals surface area (Å²) in [5.41, 5.74) is 0.530. The minimum Gasteiger partial charge on any atom is -0.368 e. The fourth-order valence-corrected chi connectivity index (χ4v) is 2.38. The second kappa shape index (κ2) is 7.41. The maximum atomic E-state index is 8.83. The number of rotatable bonds is 6. The maximum Gasteiger partial charge on any atom is 0.132 e. The number of hydrogen-bond acceptors (Lipinski definition) is 4. The highest BCUT2D eigenvalue weighted by Crippen LogP contribution is 2.15. The number of anilines is 1. The average Bonchev–Trinajstić information content (AvgIpc) is 2.28. The van der Waals surface area contributed by atoms with Gasteiger partial charge in [-0.2, -0.15) is 17.0 Å². The smallest absolute Gasteiger partial charge is 0.132 e. The van der Waals surface area contributed by atoms with E-state index in [2.05, 4.69) is 30.2 Å². The summed E-state index contributed by atoms with van der Waals surface area (Å²) in [6.45, 7) is 4.26. The van der Waals surface area contributed by atoms with Crippen molar-refractivity contribution in [2.75, 3.05) is 16.8 Å². The van der Waals surface area contributed by atoms with Crippen LogP contribution < -0.4 is 5.32 Å². The Balaban J connectivity index is 2.56. The summed E-state index contributed by atoms with van der Waals surface area (Å²) in [6.07, 6.45) is 1.06. The van der Waals surface area contributed by atoms with Crippen molar-refractivity contribution in [1.82, 2.24) is 4.98 Å². The van der Waals surface area contributed by atoms with Crippen LogP contribution in [0.3, 0.4) is 0 Å². The normalized spacial score (nSPS) is 11.9. The Morgan fingerprint density at radius 3 is 3.00 bits per heavy atom. The van der Waals surface area contributed by atoms with Crippen LogP contribution in [-0.2, 0) is 0 Å². The van der Waals surface area contributed by atoms with Gasteiger partial charge in [-0.3, -0.25) is 0 Å². The molecule has 0 aliphatic heterocycles. The molecule has 1 unspecified atom stereocenters. The van der Waals surface area contributed by atoms with Gasteiger partial charge < -0.3 is 5.32 Å². The molecule has 17 heavy (non-hydrogen) atoms. The molecular formula is C12H16ClN3S. The molecule has 1 aromatic rings. The molecule has 0 radical (unpaired) electrons. The summed E-state index contributed by atoms with van der Waals surface area (Å²) in [5.74, 6) is 2.93. The lowest BCUT2D eigenvalue weighted by Crippen LogP contribution is -2.17. The molecule has 5 heteroatoms. The summed E-state index contributed by atoms with van der Waals surface area (Å²) in [6, 6.07) is 5.67. The quantitative estimate of drug-likeness (QED) is 0.634. The molecule has 0 fully saturated rings. The molecule has 1 rings (SSSR count). The van der Waals surface area contributed by atoms with Gasteiger partial charge >= 0.3 is 0 Å². The summed E-state index contributed by atoms with van der Waals surface area (Å²) < 4.78 is 0. The molecule has 1 aromatic heterocycles. The number of pyridine rings is 1. The zero-order valence-electron chi connectivity index (χ0n) is 10.0. The predicted molar refractivity (Wildman–Crippen MR) is 74.7 cm³/mol. The van der Waals surface area contributed by atoms with Crippen molar-refractivity contribution in [2.24, 2.45) is 0 Å². The first kappa shape index (κ1) is 14.1. The first-order chi connectivity index (χ1) is 8.15. The van der Waals surface area contributed by atoms with Gasteiger partial charge in [0.25, 0.3) is 0 Å². The molecule has 0 saturated heterocycles. The number of thioether (sulfide) groups is 1. The third-order valence-electron chi connectivity index (χ3n) is 2.22. The summed E-state index contributed by atoms with van der Waals surface area (Å²) >= 11 is 7.75. The van der Waals surface area contributed by atoms with E-state index in [0.717, 1.165) is 17.9 Å². The monoisotopic (exact) mass is 269 g/mol. The Kier molecular flexibility index (Phi) is 6.17. The highest BCUT2D eigenvalue weighted by molar-refractivity contribution is 7.99. The van der Waals surface area contributed by atoms with Gasteiger partial charge in [-0.15, -0.1) is 0 Å². The molecule has 1 atom stereocenters. The Morgan fingerprint density at radius 1 is 1.59 bits per heavy atom. The third-order valence-corrected chi connectivity index (χ3v) is 3.34. The molecule has 0 saturated carbocycles. The lowest BCUT2D eigenvalue weighted by Gasteiger charge is -2.14. The van der Waals surface area contributed by atoms with Gasteiger partial charge in [0.1, 0.15) is 11.0 Å². The SMILES string of the molecule is CCSCCC(C)Nc1cc(C#N)cc(Cl)n1. The van der Waals surface area contributed by atoms with Gasteiger partial charge in [-0.05, 0) is 37.0 Å². The largest absolute Gasteiger partial charge is 0.368 e. The maximum absolute atomic E-state index is 8.83. The highest BCUT2D eigenvalue weighted by Gasteiger charge is 2.05. The Labute approximate surface area is 112 Å². The van der Waals surface area contributed by atoms with Crippen molar-refractivity contribution in [3.05, 3.63) is 22.8 Å². The van der Waals surface area contributed by atoms with Crippen LogP contribution in [0.4, 0.5) is 5.82 Å². The molecule has 0 aliphatic rings. The van der Waals surface area contributed by atoms with Crippen molar-refractivity contribution in [2.45, 2.75) is 26.3 Å². The van der Waals surface area contributed by atoms with Crippen molar-refractivity contribution >= 4 is 29.2 Å². The lowest BCUT2D eigenvalue weighted by atomic mass is 10.2. The van der Waals surface area contributed by atoms with Gasteiger partial charge in [-0.25, -0.2) is 4.98 Å². The van der Waals surface area contributed by atoms with Crippen molar-refractivity contribution in [1.29, 1.82) is 5.26 Å². The van der Waals surface area contributed by atoms with Crippen LogP contribution in [0.1, 0.15) is 25.8 Å². The van der Waals surface area contributed by atoms with E-state index in [9.17, 15) is 0 Å².